The number of carbonyl (C=O) groups excluding carboxylic acids is 2. The first-order valence-electron chi connectivity index (χ1n) is 7.36. The highest BCUT2D eigenvalue weighted by atomic mass is 35.5. The smallest absolute Gasteiger partial charge is 0.270 e. The molecule has 0 radical (unpaired) electrons. The minimum absolute atomic E-state index is 0.0839. The van der Waals surface area contributed by atoms with Crippen molar-refractivity contribution in [2.75, 3.05) is 0 Å². The molecule has 1 aromatic rings. The van der Waals surface area contributed by atoms with E-state index < -0.39 is 0 Å². The van der Waals surface area contributed by atoms with Gasteiger partial charge in [-0.3, -0.25) is 9.59 Å². The van der Waals surface area contributed by atoms with Crippen LogP contribution in [0, 0.1) is 17.8 Å². The van der Waals surface area contributed by atoms with Crippen molar-refractivity contribution in [2.45, 2.75) is 38.6 Å². The Morgan fingerprint density at radius 2 is 2.10 bits per heavy atom. The largest absolute Gasteiger partial charge is 0.345 e. The molecule has 4 nitrogen and oxygen atoms in total. The van der Waals surface area contributed by atoms with Gasteiger partial charge in [0.2, 0.25) is 0 Å². The lowest BCUT2D eigenvalue weighted by Crippen LogP contribution is -2.51. The highest BCUT2D eigenvalue weighted by molar-refractivity contribution is 6.29. The average molecular weight is 307 g/mol. The highest BCUT2D eigenvalue weighted by Gasteiger charge is 2.58. The summed E-state index contributed by atoms with van der Waals surface area (Å²) < 4.78 is 0. The second kappa shape index (κ2) is 5.09. The molecule has 1 heterocycles. The Balaban J connectivity index is 1.68. The summed E-state index contributed by atoms with van der Waals surface area (Å²) in [5, 5.41) is 3.44. The molecule has 1 aromatic heterocycles. The van der Waals surface area contributed by atoms with E-state index in [0.717, 1.165) is 19.3 Å². The standard InChI is InChI=1S/C16H19ClN2O2/c1-9(10(2)20)12-8-16(6-11(12)7-16)19-15(21)13-4-3-5-14(17)18-13/h3-5,9,11-12H,6-8H2,1-2H3,(H,19,21)/t9-,11?,12?,16?/m1/s1. The summed E-state index contributed by atoms with van der Waals surface area (Å²) in [7, 11) is 0. The van der Waals surface area contributed by atoms with Crippen LogP contribution in [0.2, 0.25) is 5.15 Å². The Bertz CT molecular complexity index is 596. The molecular weight excluding hydrogens is 288 g/mol. The summed E-state index contributed by atoms with van der Waals surface area (Å²) in [5.74, 6) is 1.12. The van der Waals surface area contributed by atoms with Crippen LogP contribution in [0.1, 0.15) is 43.6 Å². The van der Waals surface area contributed by atoms with Gasteiger partial charge in [0.1, 0.15) is 16.6 Å². The first-order chi connectivity index (χ1) is 9.90. The number of hydrogen-bond donors (Lipinski definition) is 1. The van der Waals surface area contributed by atoms with Crippen molar-refractivity contribution >= 4 is 23.3 Å². The summed E-state index contributed by atoms with van der Waals surface area (Å²) in [6.07, 6.45) is 2.84. The van der Waals surface area contributed by atoms with Gasteiger partial charge in [0, 0.05) is 11.5 Å². The zero-order chi connectivity index (χ0) is 15.2. The SMILES string of the molecule is CC(=O)[C@@H](C)C1CC2(NC(=O)c3cccc(Cl)n3)CC1C2. The monoisotopic (exact) mass is 306 g/mol. The molecule has 112 valence electrons. The van der Waals surface area contributed by atoms with Crippen LogP contribution in [0.3, 0.4) is 0 Å². The molecule has 0 spiro atoms. The second-order valence-corrected chi connectivity index (χ2v) is 6.90. The number of fused-ring (bicyclic) bond motifs is 1. The quantitative estimate of drug-likeness (QED) is 0.870. The van der Waals surface area contributed by atoms with Gasteiger partial charge in [-0.25, -0.2) is 4.98 Å². The minimum Gasteiger partial charge on any atom is -0.345 e. The molecule has 1 N–H and O–H groups in total. The van der Waals surface area contributed by atoms with Crippen LogP contribution < -0.4 is 5.32 Å². The maximum atomic E-state index is 12.3. The van der Waals surface area contributed by atoms with Gasteiger partial charge in [-0.1, -0.05) is 24.6 Å². The number of rotatable bonds is 4. The zero-order valence-electron chi connectivity index (χ0n) is 12.2. The van der Waals surface area contributed by atoms with Crippen molar-refractivity contribution in [3.63, 3.8) is 0 Å². The zero-order valence-corrected chi connectivity index (χ0v) is 13.0. The van der Waals surface area contributed by atoms with Crippen LogP contribution in [0.25, 0.3) is 0 Å². The molecule has 5 heteroatoms. The molecular formula is C16H19ClN2O2. The first-order valence-corrected chi connectivity index (χ1v) is 7.73. The van der Waals surface area contributed by atoms with Gasteiger partial charge in [0.15, 0.2) is 0 Å². The molecule has 2 atom stereocenters. The van der Waals surface area contributed by atoms with E-state index in [1.807, 2.05) is 6.92 Å². The van der Waals surface area contributed by atoms with Crippen LogP contribution in [0.4, 0.5) is 0 Å². The summed E-state index contributed by atoms with van der Waals surface area (Å²) in [6, 6.07) is 5.04. The van der Waals surface area contributed by atoms with Crippen LogP contribution in [0.15, 0.2) is 18.2 Å². The Morgan fingerprint density at radius 3 is 2.71 bits per heavy atom. The number of aromatic nitrogens is 1. The van der Waals surface area contributed by atoms with Crippen molar-refractivity contribution in [1.29, 1.82) is 0 Å². The van der Waals surface area contributed by atoms with Gasteiger partial charge in [0.05, 0.1) is 0 Å². The van der Waals surface area contributed by atoms with Gasteiger partial charge in [-0.15, -0.1) is 0 Å². The van der Waals surface area contributed by atoms with E-state index in [9.17, 15) is 9.59 Å². The van der Waals surface area contributed by atoms with Crippen LogP contribution in [-0.4, -0.2) is 22.2 Å². The minimum atomic E-state index is -0.174. The fourth-order valence-electron chi connectivity index (χ4n) is 3.91. The van der Waals surface area contributed by atoms with Crippen LogP contribution in [0.5, 0.6) is 0 Å². The number of hydrogen-bond acceptors (Lipinski definition) is 3. The number of halogens is 1. The van der Waals surface area contributed by atoms with Crippen molar-refractivity contribution in [3.05, 3.63) is 29.0 Å². The van der Waals surface area contributed by atoms with Gasteiger partial charge in [-0.05, 0) is 50.2 Å². The Labute approximate surface area is 129 Å². The lowest BCUT2D eigenvalue weighted by molar-refractivity contribution is -0.122. The summed E-state index contributed by atoms with van der Waals surface area (Å²) in [5.41, 5.74) is 0.212. The Hall–Kier alpha value is -1.42. The number of nitrogens with zero attached hydrogens (tertiary/aromatic N) is 1. The molecule has 1 unspecified atom stereocenters. The van der Waals surface area contributed by atoms with Crippen molar-refractivity contribution in [1.82, 2.24) is 10.3 Å². The predicted molar refractivity (Wildman–Crippen MR) is 80.1 cm³/mol. The maximum Gasteiger partial charge on any atom is 0.270 e. The molecule has 4 rings (SSSR count). The fourth-order valence-corrected chi connectivity index (χ4v) is 4.07. The van der Waals surface area contributed by atoms with Gasteiger partial charge < -0.3 is 5.32 Å². The number of Topliss-reactive ketones (excluding diaryl/α,β-unsaturated/α-hetero) is 1. The van der Waals surface area contributed by atoms with Gasteiger partial charge >= 0.3 is 0 Å². The van der Waals surface area contributed by atoms with E-state index >= 15 is 0 Å². The van der Waals surface area contributed by atoms with Crippen molar-refractivity contribution in [3.8, 4) is 0 Å². The lowest BCUT2D eigenvalue weighted by Gasteiger charge is -2.39. The van der Waals surface area contributed by atoms with E-state index in [4.69, 9.17) is 11.6 Å². The number of ketones is 1. The Morgan fingerprint density at radius 1 is 1.38 bits per heavy atom. The van der Waals surface area contributed by atoms with Gasteiger partial charge in [-0.2, -0.15) is 0 Å². The van der Waals surface area contributed by atoms with E-state index in [1.165, 1.54) is 0 Å². The number of amides is 1. The first kappa shape index (κ1) is 14.5. The third kappa shape index (κ3) is 2.57. The van der Waals surface area contributed by atoms with E-state index in [2.05, 4.69) is 10.3 Å². The molecule has 3 fully saturated rings. The number of carbonyl (C=O) groups is 2. The Kier molecular flexibility index (Phi) is 3.52. The predicted octanol–water partition coefficient (Wildman–Crippen LogP) is 2.86. The molecule has 0 saturated heterocycles. The molecule has 21 heavy (non-hydrogen) atoms. The average Bonchev–Trinajstić information content (AvgIpc) is 2.92. The normalized spacial score (nSPS) is 31.4. The lowest BCUT2D eigenvalue weighted by atomic mass is 9.74. The maximum absolute atomic E-state index is 12.3. The summed E-state index contributed by atoms with van der Waals surface area (Å²) in [4.78, 5) is 27.9. The molecule has 3 aliphatic carbocycles. The molecule has 2 bridgehead atoms. The molecule has 3 aliphatic rings. The molecule has 1 amide bonds. The van der Waals surface area contributed by atoms with E-state index in [-0.39, 0.29) is 23.1 Å². The fraction of sp³-hybridized carbons (Fsp3) is 0.562. The molecule has 0 aromatic carbocycles. The number of nitrogens with one attached hydrogen (secondary N) is 1. The summed E-state index contributed by atoms with van der Waals surface area (Å²) >= 11 is 5.82. The third-order valence-corrected chi connectivity index (χ3v) is 5.36. The van der Waals surface area contributed by atoms with E-state index in [1.54, 1.807) is 25.1 Å². The number of pyridine rings is 1. The second-order valence-electron chi connectivity index (χ2n) is 6.52. The van der Waals surface area contributed by atoms with Crippen LogP contribution >= 0.6 is 11.6 Å². The highest BCUT2D eigenvalue weighted by Crippen LogP contribution is 2.57. The molecule has 0 aliphatic heterocycles. The third-order valence-electron chi connectivity index (χ3n) is 5.15. The van der Waals surface area contributed by atoms with Crippen molar-refractivity contribution < 1.29 is 9.59 Å². The van der Waals surface area contributed by atoms with Crippen molar-refractivity contribution in [2.24, 2.45) is 17.8 Å². The van der Waals surface area contributed by atoms with E-state index in [0.29, 0.717) is 22.7 Å². The summed E-state index contributed by atoms with van der Waals surface area (Å²) in [6.45, 7) is 3.66. The van der Waals surface area contributed by atoms with Gasteiger partial charge in [0.25, 0.3) is 5.91 Å². The molecule has 3 saturated carbocycles. The topological polar surface area (TPSA) is 59.1 Å². The van der Waals surface area contributed by atoms with Crippen LogP contribution in [-0.2, 0) is 4.79 Å².